The van der Waals surface area contributed by atoms with Crippen LogP contribution in [-0.4, -0.2) is 35.2 Å². The van der Waals surface area contributed by atoms with Gasteiger partial charge >= 0.3 is 6.18 Å². The highest BCUT2D eigenvalue weighted by atomic mass is 35.5. The summed E-state index contributed by atoms with van der Waals surface area (Å²) in [6, 6.07) is 0. The summed E-state index contributed by atoms with van der Waals surface area (Å²) < 4.78 is 43.1. The number of halogens is 4. The zero-order valence-electron chi connectivity index (χ0n) is 15.7. The fourth-order valence-electron chi connectivity index (χ4n) is 2.72. The number of aryl methyl sites for hydroxylation is 2. The first-order valence-corrected chi connectivity index (χ1v) is 9.19. The van der Waals surface area contributed by atoms with E-state index in [1.807, 2.05) is 13.1 Å². The summed E-state index contributed by atoms with van der Waals surface area (Å²) in [5.74, 6) is -0.372. The molecule has 12 heteroatoms. The molecule has 3 heterocycles. The molecule has 3 aromatic heterocycles. The molecule has 1 amide bonds. The first kappa shape index (κ1) is 20.9. The van der Waals surface area contributed by atoms with Crippen LogP contribution in [0.1, 0.15) is 30.3 Å². The maximum atomic E-state index is 12.9. The van der Waals surface area contributed by atoms with E-state index in [1.165, 1.54) is 13.1 Å². The first-order valence-electron chi connectivity index (χ1n) is 8.81. The average molecular weight is 430 g/mol. The van der Waals surface area contributed by atoms with Crippen molar-refractivity contribution in [2.45, 2.75) is 46.1 Å². The normalized spacial score (nSPS) is 11.8. The van der Waals surface area contributed by atoms with E-state index in [2.05, 4.69) is 20.6 Å². The summed E-state index contributed by atoms with van der Waals surface area (Å²) in [6.45, 7) is 4.65. The fourth-order valence-corrected chi connectivity index (χ4v) is 2.96. The predicted molar refractivity (Wildman–Crippen MR) is 99.5 cm³/mol. The molecule has 3 aromatic rings. The molecule has 0 bridgehead atoms. The van der Waals surface area contributed by atoms with Gasteiger partial charge in [0.1, 0.15) is 0 Å². The molecule has 0 radical (unpaired) electrons. The maximum absolute atomic E-state index is 12.9. The van der Waals surface area contributed by atoms with E-state index in [0.717, 1.165) is 16.8 Å². The van der Waals surface area contributed by atoms with Gasteiger partial charge in [0.2, 0.25) is 5.91 Å². The van der Waals surface area contributed by atoms with Crippen molar-refractivity contribution in [3.63, 3.8) is 0 Å². The minimum absolute atomic E-state index is 0.0300. The van der Waals surface area contributed by atoms with Crippen molar-refractivity contribution in [1.29, 1.82) is 0 Å². The van der Waals surface area contributed by atoms with Crippen LogP contribution in [0.15, 0.2) is 24.8 Å². The summed E-state index contributed by atoms with van der Waals surface area (Å²) in [6.07, 6.45) is 2.12. The number of nitrogens with one attached hydrogen (secondary N) is 1. The first-order chi connectivity index (χ1) is 13.7. The Balaban J connectivity index is 1.56. The third-order valence-electron chi connectivity index (χ3n) is 4.22. The molecule has 0 saturated heterocycles. The third-order valence-corrected chi connectivity index (χ3v) is 4.68. The molecule has 156 valence electrons. The van der Waals surface area contributed by atoms with Crippen molar-refractivity contribution in [3.05, 3.63) is 46.8 Å². The SMILES string of the molecule is CCn1cc(Cn2cc(NC(=O)CCn3nc(C(F)(F)F)c(Cl)c3C)cn2)cn1. The van der Waals surface area contributed by atoms with Crippen LogP contribution in [0, 0.1) is 6.92 Å². The van der Waals surface area contributed by atoms with Crippen molar-refractivity contribution >= 4 is 23.2 Å². The van der Waals surface area contributed by atoms with Crippen molar-refractivity contribution in [2.75, 3.05) is 5.32 Å². The highest BCUT2D eigenvalue weighted by Crippen LogP contribution is 2.35. The molecule has 0 spiro atoms. The van der Waals surface area contributed by atoms with Crippen LogP contribution in [0.25, 0.3) is 0 Å². The molecule has 0 aliphatic heterocycles. The van der Waals surface area contributed by atoms with Gasteiger partial charge in [-0.2, -0.15) is 28.5 Å². The summed E-state index contributed by atoms with van der Waals surface area (Å²) in [5, 5.41) is 14.1. The molecular formula is C17H19ClF3N7O. The summed E-state index contributed by atoms with van der Waals surface area (Å²) >= 11 is 5.70. The van der Waals surface area contributed by atoms with Crippen molar-refractivity contribution in [2.24, 2.45) is 0 Å². The van der Waals surface area contributed by atoms with Crippen LogP contribution < -0.4 is 5.32 Å². The number of hydrogen-bond acceptors (Lipinski definition) is 4. The van der Waals surface area contributed by atoms with Gasteiger partial charge in [-0.3, -0.25) is 18.8 Å². The number of carbonyl (C=O) groups excluding carboxylic acids is 1. The number of hydrogen-bond donors (Lipinski definition) is 1. The summed E-state index contributed by atoms with van der Waals surface area (Å²) in [7, 11) is 0. The average Bonchev–Trinajstić information content (AvgIpc) is 3.35. The van der Waals surface area contributed by atoms with E-state index in [-0.39, 0.29) is 24.6 Å². The Morgan fingerprint density at radius 2 is 1.93 bits per heavy atom. The van der Waals surface area contributed by atoms with Gasteiger partial charge in [0, 0.05) is 30.9 Å². The number of amides is 1. The third kappa shape index (κ3) is 4.97. The molecule has 0 aliphatic carbocycles. The summed E-state index contributed by atoms with van der Waals surface area (Å²) in [5.41, 5.74) is 0.473. The lowest BCUT2D eigenvalue weighted by Crippen LogP contribution is -2.16. The van der Waals surface area contributed by atoms with Crippen LogP contribution in [0.5, 0.6) is 0 Å². The fraction of sp³-hybridized carbons (Fsp3) is 0.412. The lowest BCUT2D eigenvalue weighted by atomic mass is 10.3. The van der Waals surface area contributed by atoms with Gasteiger partial charge in [0.05, 0.1) is 41.9 Å². The van der Waals surface area contributed by atoms with E-state index in [4.69, 9.17) is 11.6 Å². The Hall–Kier alpha value is -2.82. The van der Waals surface area contributed by atoms with Gasteiger partial charge in [0.15, 0.2) is 5.69 Å². The molecule has 0 atom stereocenters. The zero-order chi connectivity index (χ0) is 21.2. The van der Waals surface area contributed by atoms with Crippen molar-refractivity contribution < 1.29 is 18.0 Å². The Morgan fingerprint density at radius 3 is 2.55 bits per heavy atom. The minimum atomic E-state index is -4.64. The highest BCUT2D eigenvalue weighted by Gasteiger charge is 2.38. The maximum Gasteiger partial charge on any atom is 0.436 e. The predicted octanol–water partition coefficient (Wildman–Crippen LogP) is 3.35. The molecule has 0 fully saturated rings. The molecule has 3 rings (SSSR count). The van der Waals surface area contributed by atoms with Crippen molar-refractivity contribution in [3.8, 4) is 0 Å². The Kier molecular flexibility index (Phi) is 5.96. The molecule has 0 aromatic carbocycles. The standard InChI is InChI=1S/C17H19ClF3N7O/c1-3-26-8-12(6-22-26)9-27-10-13(7-23-27)24-14(29)4-5-28-11(2)15(18)16(25-28)17(19,20)21/h6-8,10H,3-5,9H2,1-2H3,(H,24,29). The lowest BCUT2D eigenvalue weighted by Gasteiger charge is -2.05. The van der Waals surface area contributed by atoms with Gasteiger partial charge < -0.3 is 5.32 Å². The van der Waals surface area contributed by atoms with Gasteiger partial charge in [-0.1, -0.05) is 11.6 Å². The largest absolute Gasteiger partial charge is 0.436 e. The second-order valence-electron chi connectivity index (χ2n) is 6.40. The number of alkyl halides is 3. The molecule has 1 N–H and O–H groups in total. The van der Waals surface area contributed by atoms with Crippen LogP contribution in [-0.2, 0) is 30.6 Å². The second-order valence-corrected chi connectivity index (χ2v) is 6.78. The molecule has 0 aliphatic rings. The quantitative estimate of drug-likeness (QED) is 0.624. The topological polar surface area (TPSA) is 82.6 Å². The second kappa shape index (κ2) is 8.27. The van der Waals surface area contributed by atoms with Crippen LogP contribution in [0.2, 0.25) is 5.02 Å². The van der Waals surface area contributed by atoms with Crippen LogP contribution >= 0.6 is 11.6 Å². The van der Waals surface area contributed by atoms with Crippen LogP contribution in [0.3, 0.4) is 0 Å². The molecule has 29 heavy (non-hydrogen) atoms. The number of rotatable bonds is 7. The molecule has 0 unspecified atom stereocenters. The van der Waals surface area contributed by atoms with Gasteiger partial charge in [0.25, 0.3) is 0 Å². The number of aromatic nitrogens is 6. The minimum Gasteiger partial charge on any atom is -0.323 e. The number of anilines is 1. The van der Waals surface area contributed by atoms with E-state index < -0.39 is 16.9 Å². The van der Waals surface area contributed by atoms with Crippen LogP contribution in [0.4, 0.5) is 18.9 Å². The lowest BCUT2D eigenvalue weighted by molar-refractivity contribution is -0.141. The van der Waals surface area contributed by atoms with E-state index in [9.17, 15) is 18.0 Å². The van der Waals surface area contributed by atoms with Gasteiger partial charge in [-0.25, -0.2) is 0 Å². The monoisotopic (exact) mass is 429 g/mol. The Labute approximate surface area is 169 Å². The highest BCUT2D eigenvalue weighted by molar-refractivity contribution is 6.31. The van der Waals surface area contributed by atoms with Crippen molar-refractivity contribution in [1.82, 2.24) is 29.3 Å². The van der Waals surface area contributed by atoms with E-state index in [0.29, 0.717) is 12.2 Å². The van der Waals surface area contributed by atoms with E-state index >= 15 is 0 Å². The smallest absolute Gasteiger partial charge is 0.323 e. The molecule has 0 saturated carbocycles. The molecule has 8 nitrogen and oxygen atoms in total. The van der Waals surface area contributed by atoms with E-state index in [1.54, 1.807) is 21.8 Å². The molecular weight excluding hydrogens is 411 g/mol. The Morgan fingerprint density at radius 1 is 1.21 bits per heavy atom. The number of carbonyl (C=O) groups is 1. The Bertz CT molecular complexity index is 1010. The van der Waals surface area contributed by atoms with Gasteiger partial charge in [-0.05, 0) is 13.8 Å². The summed E-state index contributed by atoms with van der Waals surface area (Å²) in [4.78, 5) is 12.1. The zero-order valence-corrected chi connectivity index (χ0v) is 16.5. The van der Waals surface area contributed by atoms with Gasteiger partial charge in [-0.15, -0.1) is 0 Å². The number of nitrogens with zero attached hydrogens (tertiary/aromatic N) is 6.